The van der Waals surface area contributed by atoms with Crippen molar-refractivity contribution < 1.29 is 14.4 Å². The van der Waals surface area contributed by atoms with E-state index < -0.39 is 4.92 Å². The number of likely N-dealkylation sites (tertiary alicyclic amines) is 1. The summed E-state index contributed by atoms with van der Waals surface area (Å²) in [4.78, 5) is 13.0. The lowest BCUT2D eigenvalue weighted by molar-refractivity contribution is -0.385. The van der Waals surface area contributed by atoms with E-state index in [1.54, 1.807) is 30.3 Å². The number of hydrogen-bond acceptors (Lipinski definition) is 5. The summed E-state index contributed by atoms with van der Waals surface area (Å²) in [7, 11) is 0. The molecule has 0 N–H and O–H groups in total. The molecule has 25 heavy (non-hydrogen) atoms. The molecular formula is C19H22N2O4. The van der Waals surface area contributed by atoms with Crippen molar-refractivity contribution in [1.82, 2.24) is 4.90 Å². The normalized spacial score (nSPS) is 17.4. The first-order valence-electron chi connectivity index (χ1n) is 8.51. The number of nitrogens with zero attached hydrogens (tertiary/aromatic N) is 2. The van der Waals surface area contributed by atoms with Gasteiger partial charge in [-0.25, -0.2) is 0 Å². The molecule has 0 unspecified atom stereocenters. The molecule has 1 aliphatic heterocycles. The number of nitro benzene ring substituents is 1. The van der Waals surface area contributed by atoms with Gasteiger partial charge in [0, 0.05) is 18.7 Å². The van der Waals surface area contributed by atoms with E-state index in [0.717, 1.165) is 18.8 Å². The van der Waals surface area contributed by atoms with Crippen LogP contribution in [0, 0.1) is 10.1 Å². The smallest absolute Gasteiger partial charge is 0.311 e. The van der Waals surface area contributed by atoms with Crippen molar-refractivity contribution >= 4 is 5.69 Å². The van der Waals surface area contributed by atoms with Crippen molar-refractivity contribution in [2.45, 2.75) is 25.8 Å². The van der Waals surface area contributed by atoms with E-state index >= 15 is 0 Å². The predicted molar refractivity (Wildman–Crippen MR) is 95.4 cm³/mol. The van der Waals surface area contributed by atoms with Gasteiger partial charge < -0.3 is 9.47 Å². The molecule has 0 bridgehead atoms. The molecule has 0 spiro atoms. The van der Waals surface area contributed by atoms with Crippen LogP contribution in [-0.2, 0) is 0 Å². The van der Waals surface area contributed by atoms with Gasteiger partial charge in [0.15, 0.2) is 0 Å². The largest absolute Gasteiger partial charge is 0.492 e. The molecule has 1 aliphatic rings. The molecule has 132 valence electrons. The minimum absolute atomic E-state index is 0.0532. The Kier molecular flexibility index (Phi) is 5.50. The monoisotopic (exact) mass is 342 g/mol. The third-order valence-electron chi connectivity index (χ3n) is 4.45. The summed E-state index contributed by atoms with van der Waals surface area (Å²) in [5.74, 6) is 1.53. The van der Waals surface area contributed by atoms with Crippen molar-refractivity contribution in [3.8, 4) is 17.2 Å². The highest BCUT2D eigenvalue weighted by Gasteiger charge is 2.19. The van der Waals surface area contributed by atoms with Gasteiger partial charge in [-0.2, -0.15) is 0 Å². The average Bonchev–Trinajstić information content (AvgIpc) is 3.02. The first-order valence-corrected chi connectivity index (χ1v) is 8.51. The summed E-state index contributed by atoms with van der Waals surface area (Å²) in [5, 5.41) is 11.0. The van der Waals surface area contributed by atoms with Crippen LogP contribution in [0.5, 0.6) is 17.2 Å². The zero-order valence-electron chi connectivity index (χ0n) is 14.3. The number of ether oxygens (including phenoxy) is 2. The van der Waals surface area contributed by atoms with Crippen LogP contribution in [-0.4, -0.2) is 35.6 Å². The van der Waals surface area contributed by atoms with E-state index in [4.69, 9.17) is 9.47 Å². The Morgan fingerprint density at radius 1 is 1.16 bits per heavy atom. The van der Waals surface area contributed by atoms with Crippen LogP contribution in [0.2, 0.25) is 0 Å². The summed E-state index contributed by atoms with van der Waals surface area (Å²) >= 11 is 0. The number of para-hydroxylation sites is 2. The molecule has 0 amide bonds. The highest BCUT2D eigenvalue weighted by Crippen LogP contribution is 2.31. The molecule has 2 aromatic rings. The third-order valence-corrected chi connectivity index (χ3v) is 4.45. The highest BCUT2D eigenvalue weighted by atomic mass is 16.6. The second kappa shape index (κ2) is 7.98. The minimum Gasteiger partial charge on any atom is -0.492 e. The summed E-state index contributed by atoms with van der Waals surface area (Å²) in [6.07, 6.45) is 2.52. The first kappa shape index (κ1) is 17.2. The molecule has 6 heteroatoms. The molecule has 1 fully saturated rings. The van der Waals surface area contributed by atoms with Crippen LogP contribution in [0.15, 0.2) is 48.5 Å². The second-order valence-corrected chi connectivity index (χ2v) is 6.17. The fourth-order valence-electron chi connectivity index (χ4n) is 3.03. The van der Waals surface area contributed by atoms with E-state index in [-0.39, 0.29) is 11.4 Å². The second-order valence-electron chi connectivity index (χ2n) is 6.17. The van der Waals surface area contributed by atoms with Crippen molar-refractivity contribution in [1.29, 1.82) is 0 Å². The lowest BCUT2D eigenvalue weighted by Crippen LogP contribution is -2.31. The molecule has 0 saturated carbocycles. The first-order chi connectivity index (χ1) is 12.1. The summed E-state index contributed by atoms with van der Waals surface area (Å²) < 4.78 is 11.4. The standard InChI is InChI=1S/C19H22N2O4/c1-15-5-4-12-20(15)13-14-24-16-8-10-17(11-9-16)25-19-7-3-2-6-18(19)21(22)23/h2-3,6-11,15H,4-5,12-14H2,1H3/t15-/m1/s1. The van der Waals surface area contributed by atoms with Gasteiger partial charge in [-0.05, 0) is 56.6 Å². The molecule has 1 heterocycles. The van der Waals surface area contributed by atoms with Crippen LogP contribution in [0.3, 0.4) is 0 Å². The number of nitro groups is 1. The van der Waals surface area contributed by atoms with Crippen molar-refractivity contribution in [2.24, 2.45) is 0 Å². The Morgan fingerprint density at radius 3 is 2.56 bits per heavy atom. The fourth-order valence-corrected chi connectivity index (χ4v) is 3.03. The van der Waals surface area contributed by atoms with Gasteiger partial charge in [0.05, 0.1) is 4.92 Å². The number of hydrogen-bond donors (Lipinski definition) is 0. The van der Waals surface area contributed by atoms with E-state index in [1.807, 2.05) is 12.1 Å². The lowest BCUT2D eigenvalue weighted by atomic mass is 10.2. The fraction of sp³-hybridized carbons (Fsp3) is 0.368. The van der Waals surface area contributed by atoms with Crippen molar-refractivity contribution in [3.63, 3.8) is 0 Å². The Balaban J connectivity index is 1.55. The Hall–Kier alpha value is -2.60. The van der Waals surface area contributed by atoms with E-state index in [9.17, 15) is 10.1 Å². The van der Waals surface area contributed by atoms with E-state index in [2.05, 4.69) is 11.8 Å². The molecular weight excluding hydrogens is 320 g/mol. The van der Waals surface area contributed by atoms with E-state index in [0.29, 0.717) is 18.4 Å². The highest BCUT2D eigenvalue weighted by molar-refractivity contribution is 5.48. The molecule has 0 aromatic heterocycles. The zero-order valence-corrected chi connectivity index (χ0v) is 14.3. The molecule has 1 saturated heterocycles. The van der Waals surface area contributed by atoms with Gasteiger partial charge in [0.25, 0.3) is 0 Å². The molecule has 0 aliphatic carbocycles. The lowest BCUT2D eigenvalue weighted by Gasteiger charge is -2.20. The van der Waals surface area contributed by atoms with Gasteiger partial charge >= 0.3 is 5.69 Å². The maximum Gasteiger partial charge on any atom is 0.311 e. The Bertz CT molecular complexity index is 718. The number of benzene rings is 2. The minimum atomic E-state index is -0.452. The Morgan fingerprint density at radius 2 is 1.88 bits per heavy atom. The van der Waals surface area contributed by atoms with Crippen molar-refractivity contribution in [2.75, 3.05) is 19.7 Å². The van der Waals surface area contributed by atoms with Crippen molar-refractivity contribution in [3.05, 3.63) is 58.6 Å². The van der Waals surface area contributed by atoms with Gasteiger partial charge in [-0.15, -0.1) is 0 Å². The summed E-state index contributed by atoms with van der Waals surface area (Å²) in [5.41, 5.74) is -0.0532. The van der Waals surface area contributed by atoms with Crippen LogP contribution < -0.4 is 9.47 Å². The van der Waals surface area contributed by atoms with Gasteiger partial charge in [0.1, 0.15) is 18.1 Å². The Labute approximate surface area is 147 Å². The van der Waals surface area contributed by atoms with Crippen LogP contribution >= 0.6 is 0 Å². The third kappa shape index (κ3) is 4.48. The van der Waals surface area contributed by atoms with Gasteiger partial charge in [0.2, 0.25) is 5.75 Å². The summed E-state index contributed by atoms with van der Waals surface area (Å²) in [6.45, 7) is 4.97. The van der Waals surface area contributed by atoms with Gasteiger partial charge in [-0.1, -0.05) is 12.1 Å². The maximum absolute atomic E-state index is 11.0. The summed E-state index contributed by atoms with van der Waals surface area (Å²) in [6, 6.07) is 14.1. The molecule has 3 rings (SSSR count). The van der Waals surface area contributed by atoms with Gasteiger partial charge in [-0.3, -0.25) is 15.0 Å². The molecule has 6 nitrogen and oxygen atoms in total. The van der Waals surface area contributed by atoms with Crippen LogP contribution in [0.4, 0.5) is 5.69 Å². The average molecular weight is 342 g/mol. The quantitative estimate of drug-likeness (QED) is 0.556. The molecule has 0 radical (unpaired) electrons. The molecule has 1 atom stereocenters. The van der Waals surface area contributed by atoms with Crippen LogP contribution in [0.1, 0.15) is 19.8 Å². The molecule has 2 aromatic carbocycles. The topological polar surface area (TPSA) is 64.8 Å². The van der Waals surface area contributed by atoms with E-state index in [1.165, 1.54) is 18.9 Å². The predicted octanol–water partition coefficient (Wildman–Crippen LogP) is 4.25. The zero-order chi connectivity index (χ0) is 17.6. The maximum atomic E-state index is 11.0. The van der Waals surface area contributed by atoms with Crippen LogP contribution in [0.25, 0.3) is 0 Å². The number of rotatable bonds is 7. The SMILES string of the molecule is C[C@@H]1CCCN1CCOc1ccc(Oc2ccccc2[N+](=O)[O-])cc1.